The van der Waals surface area contributed by atoms with E-state index in [-0.39, 0.29) is 136 Å². The Morgan fingerprint density at radius 3 is 0.422 bits per heavy atom. The Kier molecular flexibility index (Phi) is 12.0. The molecule has 16 aromatic carbocycles. The molecule has 0 saturated carbocycles. The highest BCUT2D eigenvalue weighted by Gasteiger charge is 2.34. The van der Waals surface area contributed by atoms with E-state index in [4.69, 9.17) is 110 Å². The first-order valence-corrected chi connectivity index (χ1v) is 39.6. The normalized spacial score (nSPS) is 12.3. The first kappa shape index (κ1) is 66.6. The van der Waals surface area contributed by atoms with Gasteiger partial charge in [-0.15, -0.1) is 0 Å². The van der Waals surface area contributed by atoms with E-state index < -0.39 is 0 Å². The zero-order valence-corrected chi connectivity index (χ0v) is 64.3. The van der Waals surface area contributed by atoms with E-state index in [2.05, 4.69) is 58.5 Å². The van der Waals surface area contributed by atoms with Crippen molar-refractivity contribution in [1.82, 2.24) is 120 Å². The van der Waals surface area contributed by atoms with Crippen LogP contribution in [0, 0.1) is 90.6 Å². The molecule has 2 N–H and O–H groups in total. The molecule has 0 fully saturated rings. The van der Waals surface area contributed by atoms with Crippen LogP contribution in [-0.2, 0) is 0 Å². The zero-order chi connectivity index (χ0) is 84.5. The Morgan fingerprint density at radius 2 is 0.281 bits per heavy atom. The summed E-state index contributed by atoms with van der Waals surface area (Å²) in [5, 5.41) is 99.5. The van der Waals surface area contributed by atoms with Crippen LogP contribution in [0.25, 0.3) is 308 Å². The molecule has 0 amide bonds. The van der Waals surface area contributed by atoms with Gasteiger partial charge in [0.25, 0.3) is 0 Å². The number of nitrogens with one attached hydrogen (secondary N) is 2. The summed E-state index contributed by atoms with van der Waals surface area (Å²) in [4.78, 5) is 124. The summed E-state index contributed by atoms with van der Waals surface area (Å²) in [6.07, 6.45) is 0. The van der Waals surface area contributed by atoms with Gasteiger partial charge < -0.3 is 9.97 Å². The van der Waals surface area contributed by atoms with Crippen LogP contribution in [0.5, 0.6) is 0 Å². The minimum atomic E-state index is -0.126. The van der Waals surface area contributed by atoms with Gasteiger partial charge in [0.1, 0.15) is 93.4 Å². The van der Waals surface area contributed by atoms with E-state index in [0.717, 1.165) is 43.1 Å². The smallest absolute Gasteiger partial charge is 0.184 e. The van der Waals surface area contributed by atoms with Crippen LogP contribution in [0.15, 0.2) is 146 Å². The Morgan fingerprint density at radius 1 is 0.148 bits per heavy atom. The molecule has 0 atom stereocenters. The molecule has 32 nitrogen and oxygen atoms in total. The van der Waals surface area contributed by atoms with Gasteiger partial charge >= 0.3 is 0 Å². The van der Waals surface area contributed by atoms with Gasteiger partial charge in [-0.2, -0.15) is 42.1 Å². The average molecular weight is 1630 g/mol. The van der Waals surface area contributed by atoms with Gasteiger partial charge in [-0.25, -0.2) is 110 Å². The van der Waals surface area contributed by atoms with Crippen LogP contribution in [0.4, 0.5) is 0 Å². The first-order valence-electron chi connectivity index (χ1n) is 39.6. The summed E-state index contributed by atoms with van der Waals surface area (Å²) in [5.41, 5.74) is 7.74. The Bertz CT molecular complexity index is 9710. The number of aromatic nitrogens is 24. The fourth-order valence-electron chi connectivity index (χ4n) is 20.1. The van der Waals surface area contributed by atoms with Gasteiger partial charge in [0, 0.05) is 129 Å². The standard InChI is InChI=1S/C96H26N32/c97-25-49-50(26-98)106-66-34-10-2-18-42-58(34)57-33(65(66)105-49)9-1-17-41(57)73-74(42)114-82-81(113-73)89-121-90(82)126-92-85-86(118-78-46-22-6-14-38-62(46)61-37(13-5-21-45(61)77(78)117-85)69-70(38)110-54(30-102)53(29-101)109-69)94(123-92)128-96-88-87(119-79-47-23-7-15-39-63(47)64-40(16-8-24-48(64)80(79)120-88)72-71(39)111-55(31-103)56(32-104)112-72)95(124-96)127-93-84-83(91(122-93)125-89)115-75-43-19-3-11-35-59(43)60-36(12-4-20-44(60)76(75)116-84)68-67(35)107-51(27-99)52(28-100)108-68/h1-24H,(H2,121,122,123,124,125,126,127,128). The third kappa shape index (κ3) is 8.03. The van der Waals surface area contributed by atoms with Gasteiger partial charge in [-0.3, -0.25) is 0 Å². The number of fused-ring (bicyclic) bond motifs is 44. The highest BCUT2D eigenvalue weighted by Crippen LogP contribution is 2.52. The van der Waals surface area contributed by atoms with Gasteiger partial charge in [0.15, 0.2) is 91.4 Å². The van der Waals surface area contributed by atoms with Crippen molar-refractivity contribution < 1.29 is 0 Å². The maximum atomic E-state index is 10.4. The molecule has 0 unspecified atom stereocenters. The van der Waals surface area contributed by atoms with Crippen molar-refractivity contribution in [3.8, 4) is 94.6 Å². The van der Waals surface area contributed by atoms with Gasteiger partial charge in [-0.1, -0.05) is 146 Å². The lowest BCUT2D eigenvalue weighted by atomic mass is 9.91. The van der Waals surface area contributed by atoms with E-state index in [1.54, 1.807) is 0 Å². The first-order chi connectivity index (χ1) is 63.1. The fourth-order valence-corrected chi connectivity index (χ4v) is 20.1. The van der Waals surface area contributed by atoms with Gasteiger partial charge in [0.2, 0.25) is 0 Å². The average Bonchev–Trinajstić information content (AvgIpc) is 0.958. The topological polar surface area (TPSA) is 505 Å². The number of nitrogens with zero attached hydrogens (tertiary/aromatic N) is 30. The van der Waals surface area contributed by atoms with Crippen LogP contribution in [0.2, 0.25) is 0 Å². The molecule has 2 aliphatic rings. The molecule has 0 radical (unpaired) electrons. The minimum Gasteiger partial charge on any atom is -0.321 e. The second-order valence-corrected chi connectivity index (χ2v) is 31.3. The highest BCUT2D eigenvalue weighted by atomic mass is 15.1. The lowest BCUT2D eigenvalue weighted by Crippen LogP contribution is -2.00. The number of rotatable bonds is 0. The monoisotopic (exact) mass is 1630 g/mol. The summed E-state index contributed by atoms with van der Waals surface area (Å²) < 4.78 is 0. The van der Waals surface area contributed by atoms with E-state index >= 15 is 0 Å². The largest absolute Gasteiger partial charge is 0.321 e. The maximum Gasteiger partial charge on any atom is 0.184 e. The number of hydrogen-bond acceptors (Lipinski definition) is 30. The fraction of sp³-hybridized carbons (Fsp3) is 0. The summed E-state index contributed by atoms with van der Waals surface area (Å²) >= 11 is 0. The van der Waals surface area contributed by atoms with Crippen molar-refractivity contribution in [3.63, 3.8) is 0 Å². The lowest BCUT2D eigenvalue weighted by molar-refractivity contribution is 1.18. The second kappa shape index (κ2) is 23.0. The zero-order valence-electron chi connectivity index (χ0n) is 64.3. The Balaban J connectivity index is 0.797. The van der Waals surface area contributed by atoms with Crippen molar-refractivity contribution in [3.05, 3.63) is 191 Å². The molecule has 570 valence electrons. The van der Waals surface area contributed by atoms with Crippen molar-refractivity contribution >= 4 is 262 Å². The number of benzene rings is 16. The van der Waals surface area contributed by atoms with E-state index in [0.29, 0.717) is 174 Å². The molecule has 0 spiro atoms. The maximum absolute atomic E-state index is 10.4. The summed E-state index contributed by atoms with van der Waals surface area (Å²) in [6, 6.07) is 62.4. The predicted molar refractivity (Wildman–Crippen MR) is 473 cm³/mol. The summed E-state index contributed by atoms with van der Waals surface area (Å²) in [7, 11) is 0. The Hall–Kier alpha value is -20.3. The molecule has 0 saturated heterocycles. The third-order valence-electron chi connectivity index (χ3n) is 25.1. The number of H-pyrrole nitrogens is 2. The van der Waals surface area contributed by atoms with E-state index in [9.17, 15) is 42.1 Å². The van der Waals surface area contributed by atoms with Gasteiger partial charge in [0.05, 0.1) is 88.3 Å². The van der Waals surface area contributed by atoms with Crippen molar-refractivity contribution in [1.29, 1.82) is 42.1 Å². The predicted octanol–water partition coefficient (Wildman–Crippen LogP) is 17.0. The minimum absolute atomic E-state index is 0.0116. The highest BCUT2D eigenvalue weighted by molar-refractivity contribution is 6.43. The summed E-state index contributed by atoms with van der Waals surface area (Å²) in [6.45, 7) is 0. The van der Waals surface area contributed by atoms with Crippen LogP contribution >= 0.6 is 0 Å². The molecule has 27 aromatic rings. The molecule has 8 bridgehead atoms. The number of nitriles is 8. The van der Waals surface area contributed by atoms with E-state index in [1.165, 1.54) is 0 Å². The van der Waals surface area contributed by atoms with Crippen molar-refractivity contribution in [2.75, 3.05) is 0 Å². The van der Waals surface area contributed by atoms with Crippen molar-refractivity contribution in [2.45, 2.75) is 0 Å². The van der Waals surface area contributed by atoms with Gasteiger partial charge in [-0.05, 0) is 0 Å². The van der Waals surface area contributed by atoms with Crippen LogP contribution in [0.1, 0.15) is 45.6 Å². The van der Waals surface area contributed by atoms with Crippen LogP contribution in [0.3, 0.4) is 0 Å². The molecule has 13 heterocycles. The SMILES string of the molecule is N#Cc1nc2c3cccc4c5nc6c(nc5c5cccc(c2nc1C#N)c5c34)-c1nc-6nc2[nH]c(nc3nc(nc4[nH]c(n1)c1nc5c6cccc7c8nc(C#N)c(C#N)nc8c8cccc(c5nc41)c8c76)-c1nc4c5cccc6c7nc(C#N)c(C#N)nc7c7cccc(c4nc1-3)c7c65)c1nc3c4cccc5c6nc(C#N)c(C#N)nc6c6cccc(c3nc21)c6c54. The summed E-state index contributed by atoms with van der Waals surface area (Å²) in [5.74, 6) is 0.0465. The molecular formula is C96H26N32. The molecule has 29 rings (SSSR count). The molecule has 0 aliphatic carbocycles. The van der Waals surface area contributed by atoms with Crippen LogP contribution < -0.4 is 0 Å². The Labute approximate surface area is 705 Å². The molecular weight excluding hydrogens is 1600 g/mol. The number of aromatic amines is 2. The van der Waals surface area contributed by atoms with Crippen molar-refractivity contribution in [2.24, 2.45) is 0 Å². The lowest BCUT2D eigenvalue weighted by Gasteiger charge is -2.16. The quantitative estimate of drug-likeness (QED) is 0.105. The molecule has 32 heteroatoms. The third-order valence-corrected chi connectivity index (χ3v) is 25.1. The number of hydrogen-bond donors (Lipinski definition) is 2. The van der Waals surface area contributed by atoms with E-state index in [1.807, 2.05) is 146 Å². The molecule has 11 aromatic heterocycles. The second-order valence-electron chi connectivity index (χ2n) is 31.3. The van der Waals surface area contributed by atoms with Crippen LogP contribution in [-0.4, -0.2) is 120 Å². The molecule has 2 aliphatic heterocycles. The molecule has 128 heavy (non-hydrogen) atoms.